The van der Waals surface area contributed by atoms with Crippen molar-refractivity contribution in [2.45, 2.75) is 27.3 Å². The summed E-state index contributed by atoms with van der Waals surface area (Å²) in [5, 5.41) is 4.44. The van der Waals surface area contributed by atoms with Gasteiger partial charge in [-0.25, -0.2) is 4.98 Å². The first-order chi connectivity index (χ1) is 8.19. The molecule has 2 rings (SSSR count). The number of aryl methyl sites for hydroxylation is 2. The van der Waals surface area contributed by atoms with Gasteiger partial charge >= 0.3 is 0 Å². The number of benzene rings is 1. The Morgan fingerprint density at radius 3 is 2.53 bits per heavy atom. The molecule has 17 heavy (non-hydrogen) atoms. The Morgan fingerprint density at radius 2 is 1.88 bits per heavy atom. The van der Waals surface area contributed by atoms with Crippen molar-refractivity contribution in [3.05, 3.63) is 40.4 Å². The van der Waals surface area contributed by atoms with Gasteiger partial charge in [-0.1, -0.05) is 24.1 Å². The summed E-state index contributed by atoms with van der Waals surface area (Å²) in [5.41, 5.74) is 3.82. The second-order valence-electron chi connectivity index (χ2n) is 4.29. The average Bonchev–Trinajstić information content (AvgIpc) is 2.73. The van der Waals surface area contributed by atoms with Crippen molar-refractivity contribution in [3.8, 4) is 10.6 Å². The van der Waals surface area contributed by atoms with Gasteiger partial charge in [0.15, 0.2) is 0 Å². The van der Waals surface area contributed by atoms with Gasteiger partial charge in [-0.3, -0.25) is 0 Å². The second-order valence-corrected chi connectivity index (χ2v) is 5.40. The predicted octanol–water partition coefficient (Wildman–Crippen LogP) is 3.54. The zero-order chi connectivity index (χ0) is 12.3. The fraction of sp³-hybridized carbons (Fsp3) is 0.357. The summed E-state index contributed by atoms with van der Waals surface area (Å²) in [5.74, 6) is 0. The zero-order valence-corrected chi connectivity index (χ0v) is 11.4. The first kappa shape index (κ1) is 12.3. The van der Waals surface area contributed by atoms with E-state index < -0.39 is 0 Å². The minimum atomic E-state index is 0.916. The van der Waals surface area contributed by atoms with Crippen LogP contribution in [-0.2, 0) is 6.54 Å². The number of thiazole rings is 1. The van der Waals surface area contributed by atoms with E-state index in [4.69, 9.17) is 0 Å². The molecule has 0 spiro atoms. The summed E-state index contributed by atoms with van der Waals surface area (Å²) in [6.45, 7) is 8.29. The molecule has 0 saturated carbocycles. The Labute approximate surface area is 107 Å². The number of nitrogens with one attached hydrogen (secondary N) is 1. The van der Waals surface area contributed by atoms with Crippen LogP contribution in [0.5, 0.6) is 0 Å². The Bertz CT molecular complexity index is 482. The summed E-state index contributed by atoms with van der Waals surface area (Å²) >= 11 is 1.77. The summed E-state index contributed by atoms with van der Waals surface area (Å²) < 4.78 is 0. The monoisotopic (exact) mass is 246 g/mol. The lowest BCUT2D eigenvalue weighted by Gasteiger charge is -2.01. The number of aromatic nitrogens is 1. The molecule has 0 radical (unpaired) electrons. The molecule has 0 atom stereocenters. The van der Waals surface area contributed by atoms with Crippen LogP contribution >= 0.6 is 11.3 Å². The van der Waals surface area contributed by atoms with Gasteiger partial charge in [-0.15, -0.1) is 11.3 Å². The molecule has 1 aromatic heterocycles. The molecule has 0 fully saturated rings. The number of hydrogen-bond acceptors (Lipinski definition) is 3. The van der Waals surface area contributed by atoms with Gasteiger partial charge in [0.2, 0.25) is 0 Å². The van der Waals surface area contributed by atoms with Crippen LogP contribution in [-0.4, -0.2) is 11.5 Å². The van der Waals surface area contributed by atoms with Gasteiger partial charge in [0.1, 0.15) is 5.01 Å². The van der Waals surface area contributed by atoms with Gasteiger partial charge in [-0.2, -0.15) is 0 Å². The quantitative estimate of drug-likeness (QED) is 0.892. The van der Waals surface area contributed by atoms with E-state index in [2.05, 4.69) is 49.3 Å². The molecular formula is C14H18N2S. The van der Waals surface area contributed by atoms with Crippen LogP contribution in [0.3, 0.4) is 0 Å². The Hall–Kier alpha value is -1.19. The maximum absolute atomic E-state index is 4.50. The maximum atomic E-state index is 4.50. The molecule has 0 bridgehead atoms. The molecule has 0 aliphatic rings. The molecule has 1 aromatic carbocycles. The van der Waals surface area contributed by atoms with E-state index in [0.29, 0.717) is 0 Å². The molecule has 0 aliphatic heterocycles. The fourth-order valence-corrected chi connectivity index (χ4v) is 2.74. The summed E-state index contributed by atoms with van der Waals surface area (Å²) in [7, 11) is 0. The van der Waals surface area contributed by atoms with Crippen molar-refractivity contribution in [3.63, 3.8) is 0 Å². The lowest BCUT2D eigenvalue weighted by molar-refractivity contribution is 0.734. The SMILES string of the molecule is CCNCc1cnc(-c2cc(C)cc(C)c2)s1. The highest BCUT2D eigenvalue weighted by Gasteiger charge is 2.05. The largest absolute Gasteiger partial charge is 0.312 e. The van der Waals surface area contributed by atoms with Crippen LogP contribution in [0.4, 0.5) is 0 Å². The third-order valence-electron chi connectivity index (χ3n) is 2.57. The second kappa shape index (κ2) is 5.43. The molecule has 90 valence electrons. The minimum absolute atomic E-state index is 0.916. The Balaban J connectivity index is 2.24. The summed E-state index contributed by atoms with van der Waals surface area (Å²) in [4.78, 5) is 5.79. The van der Waals surface area contributed by atoms with Crippen molar-refractivity contribution < 1.29 is 0 Å². The fourth-order valence-electron chi connectivity index (χ4n) is 1.87. The van der Waals surface area contributed by atoms with E-state index in [1.54, 1.807) is 11.3 Å². The smallest absolute Gasteiger partial charge is 0.123 e. The third-order valence-corrected chi connectivity index (χ3v) is 3.62. The standard InChI is InChI=1S/C14H18N2S/c1-4-15-8-13-9-16-14(17-13)12-6-10(2)5-11(3)7-12/h5-7,9,15H,4,8H2,1-3H3. The third kappa shape index (κ3) is 3.14. The number of hydrogen-bond donors (Lipinski definition) is 1. The molecule has 3 heteroatoms. The highest BCUT2D eigenvalue weighted by molar-refractivity contribution is 7.15. The first-order valence-electron chi connectivity index (χ1n) is 5.93. The topological polar surface area (TPSA) is 24.9 Å². The van der Waals surface area contributed by atoms with Crippen molar-refractivity contribution in [2.24, 2.45) is 0 Å². The van der Waals surface area contributed by atoms with Crippen LogP contribution in [0.1, 0.15) is 22.9 Å². The van der Waals surface area contributed by atoms with Crippen molar-refractivity contribution in [2.75, 3.05) is 6.54 Å². The van der Waals surface area contributed by atoms with Gasteiger partial charge in [-0.05, 0) is 32.5 Å². The lowest BCUT2D eigenvalue weighted by atomic mass is 10.1. The van der Waals surface area contributed by atoms with E-state index in [-0.39, 0.29) is 0 Å². The molecule has 2 nitrogen and oxygen atoms in total. The van der Waals surface area contributed by atoms with E-state index in [1.165, 1.54) is 21.6 Å². The number of rotatable bonds is 4. The van der Waals surface area contributed by atoms with Crippen LogP contribution in [0.15, 0.2) is 24.4 Å². The Morgan fingerprint density at radius 1 is 1.18 bits per heavy atom. The molecule has 2 aromatic rings. The van der Waals surface area contributed by atoms with E-state index in [0.717, 1.165) is 18.1 Å². The first-order valence-corrected chi connectivity index (χ1v) is 6.75. The zero-order valence-electron chi connectivity index (χ0n) is 10.6. The normalized spacial score (nSPS) is 10.8. The highest BCUT2D eigenvalue weighted by atomic mass is 32.1. The molecule has 0 saturated heterocycles. The van der Waals surface area contributed by atoms with E-state index >= 15 is 0 Å². The van der Waals surface area contributed by atoms with Crippen molar-refractivity contribution in [1.29, 1.82) is 0 Å². The van der Waals surface area contributed by atoms with Crippen molar-refractivity contribution >= 4 is 11.3 Å². The maximum Gasteiger partial charge on any atom is 0.123 e. The lowest BCUT2D eigenvalue weighted by Crippen LogP contribution is -2.10. The van der Waals surface area contributed by atoms with Gasteiger partial charge < -0.3 is 5.32 Å². The molecule has 0 unspecified atom stereocenters. The van der Waals surface area contributed by atoms with Crippen LogP contribution < -0.4 is 5.32 Å². The molecule has 1 heterocycles. The van der Waals surface area contributed by atoms with Gasteiger partial charge in [0.25, 0.3) is 0 Å². The Kier molecular flexibility index (Phi) is 3.92. The molecule has 0 aliphatic carbocycles. The van der Waals surface area contributed by atoms with Crippen LogP contribution in [0.2, 0.25) is 0 Å². The molecule has 0 amide bonds. The van der Waals surface area contributed by atoms with Crippen LogP contribution in [0, 0.1) is 13.8 Å². The van der Waals surface area contributed by atoms with E-state index in [1.807, 2.05) is 6.20 Å². The minimum Gasteiger partial charge on any atom is -0.312 e. The van der Waals surface area contributed by atoms with Crippen LogP contribution in [0.25, 0.3) is 10.6 Å². The summed E-state index contributed by atoms with van der Waals surface area (Å²) in [6, 6.07) is 6.59. The molecular weight excluding hydrogens is 228 g/mol. The van der Waals surface area contributed by atoms with Crippen molar-refractivity contribution in [1.82, 2.24) is 10.3 Å². The van der Waals surface area contributed by atoms with Gasteiger partial charge in [0.05, 0.1) is 0 Å². The molecule has 1 N–H and O–H groups in total. The predicted molar refractivity (Wildman–Crippen MR) is 74.4 cm³/mol. The van der Waals surface area contributed by atoms with E-state index in [9.17, 15) is 0 Å². The van der Waals surface area contributed by atoms with Gasteiger partial charge in [0, 0.05) is 23.2 Å². The number of nitrogens with zero attached hydrogens (tertiary/aromatic N) is 1. The average molecular weight is 246 g/mol. The highest BCUT2D eigenvalue weighted by Crippen LogP contribution is 2.26. The summed E-state index contributed by atoms with van der Waals surface area (Å²) in [6.07, 6.45) is 1.97.